The Bertz CT molecular complexity index is 371. The molecule has 1 aromatic heterocycles. The van der Waals surface area contributed by atoms with E-state index >= 15 is 0 Å². The van der Waals surface area contributed by atoms with E-state index in [1.807, 2.05) is 24.1 Å². The molecule has 1 aromatic rings. The van der Waals surface area contributed by atoms with Crippen molar-refractivity contribution in [3.63, 3.8) is 0 Å². The van der Waals surface area contributed by atoms with Crippen molar-refractivity contribution in [3.05, 3.63) is 24.5 Å². The zero-order valence-electron chi connectivity index (χ0n) is 10.3. The number of aromatic nitrogens is 1. The molecule has 4 nitrogen and oxygen atoms in total. The second-order valence-electron chi connectivity index (χ2n) is 4.12. The largest absolute Gasteiger partial charge is 0.341 e. The molecule has 18 heavy (non-hydrogen) atoms. The number of carbonyl (C=O) groups excluding carboxylic acids is 1. The minimum Gasteiger partial charge on any atom is -0.341 e. The Morgan fingerprint density at radius 2 is 2.28 bits per heavy atom. The Kier molecular flexibility index (Phi) is 6.46. The van der Waals surface area contributed by atoms with Gasteiger partial charge in [-0.15, -0.1) is 24.2 Å². The van der Waals surface area contributed by atoms with Crippen molar-refractivity contribution < 1.29 is 4.79 Å². The number of pyridine rings is 1. The molecule has 0 aromatic carbocycles. The third-order valence-electron chi connectivity index (χ3n) is 2.99. The average molecular weight is 288 g/mol. The van der Waals surface area contributed by atoms with Gasteiger partial charge in [0.1, 0.15) is 0 Å². The van der Waals surface area contributed by atoms with Crippen LogP contribution in [0.2, 0.25) is 0 Å². The molecule has 0 saturated carbocycles. The van der Waals surface area contributed by atoms with E-state index in [1.165, 1.54) is 0 Å². The molecule has 0 bridgehead atoms. The van der Waals surface area contributed by atoms with Crippen molar-refractivity contribution in [2.75, 3.05) is 25.9 Å². The van der Waals surface area contributed by atoms with E-state index in [0.29, 0.717) is 11.8 Å². The third-order valence-corrected chi connectivity index (χ3v) is 3.98. The quantitative estimate of drug-likeness (QED) is 0.851. The van der Waals surface area contributed by atoms with Crippen molar-refractivity contribution in [2.45, 2.75) is 17.4 Å². The van der Waals surface area contributed by atoms with Crippen LogP contribution < -0.4 is 5.32 Å². The number of amides is 1. The van der Waals surface area contributed by atoms with Gasteiger partial charge in [-0.05, 0) is 25.1 Å². The fraction of sp³-hybridized carbons (Fsp3) is 0.500. The van der Waals surface area contributed by atoms with Gasteiger partial charge >= 0.3 is 0 Å². The van der Waals surface area contributed by atoms with Gasteiger partial charge in [0, 0.05) is 36.9 Å². The maximum absolute atomic E-state index is 12.0. The minimum absolute atomic E-state index is 0. The fourth-order valence-corrected chi connectivity index (χ4v) is 2.66. The Hall–Kier alpha value is -0.780. The van der Waals surface area contributed by atoms with Gasteiger partial charge in [0.15, 0.2) is 0 Å². The van der Waals surface area contributed by atoms with E-state index in [2.05, 4.69) is 10.3 Å². The van der Waals surface area contributed by atoms with E-state index in [1.54, 1.807) is 24.2 Å². The molecule has 1 amide bonds. The van der Waals surface area contributed by atoms with Gasteiger partial charge in [-0.25, -0.2) is 0 Å². The predicted molar refractivity (Wildman–Crippen MR) is 76.3 cm³/mol. The Labute approximate surface area is 118 Å². The number of rotatable bonds is 4. The Morgan fingerprint density at radius 1 is 1.56 bits per heavy atom. The molecule has 6 heteroatoms. The average Bonchev–Trinajstić information content (AvgIpc) is 2.90. The number of halogens is 1. The number of likely N-dealkylation sites (N-methyl/N-ethyl adjacent to an activating group) is 1. The smallest absolute Gasteiger partial charge is 0.232 e. The molecule has 2 heterocycles. The van der Waals surface area contributed by atoms with Crippen LogP contribution in [0, 0.1) is 0 Å². The van der Waals surface area contributed by atoms with Crippen LogP contribution in [0.3, 0.4) is 0 Å². The normalized spacial score (nSPS) is 18.2. The molecule has 1 saturated heterocycles. The maximum Gasteiger partial charge on any atom is 0.232 e. The number of carbonyl (C=O) groups is 1. The van der Waals surface area contributed by atoms with E-state index < -0.39 is 0 Å². The zero-order valence-corrected chi connectivity index (χ0v) is 12.0. The van der Waals surface area contributed by atoms with E-state index in [4.69, 9.17) is 0 Å². The van der Waals surface area contributed by atoms with Crippen LogP contribution in [0.5, 0.6) is 0 Å². The molecule has 1 aliphatic rings. The Morgan fingerprint density at radius 3 is 2.89 bits per heavy atom. The summed E-state index contributed by atoms with van der Waals surface area (Å²) in [7, 11) is 1.90. The van der Waals surface area contributed by atoms with Crippen LogP contribution in [-0.4, -0.2) is 47.7 Å². The van der Waals surface area contributed by atoms with Crippen LogP contribution in [0.15, 0.2) is 29.4 Å². The number of nitrogens with zero attached hydrogens (tertiary/aromatic N) is 2. The highest BCUT2D eigenvalue weighted by atomic mass is 35.5. The predicted octanol–water partition coefficient (Wildman–Crippen LogP) is 1.42. The molecule has 1 fully saturated rings. The highest BCUT2D eigenvalue weighted by Gasteiger charge is 2.22. The molecule has 1 aliphatic heterocycles. The standard InChI is InChI=1S/C12H17N3OS.ClH/c1-15(10-2-5-14-8-10)12(16)9-17-11-3-6-13-7-4-11;/h3-4,6-7,10,14H,2,5,8-9H2,1H3;1H. The molecule has 0 aliphatic carbocycles. The van der Waals surface area contributed by atoms with Crippen molar-refractivity contribution in [1.29, 1.82) is 0 Å². The second-order valence-corrected chi connectivity index (χ2v) is 5.17. The summed E-state index contributed by atoms with van der Waals surface area (Å²) < 4.78 is 0. The number of hydrogen-bond acceptors (Lipinski definition) is 4. The summed E-state index contributed by atoms with van der Waals surface area (Å²) in [4.78, 5) is 18.9. The van der Waals surface area contributed by atoms with Crippen molar-refractivity contribution in [2.24, 2.45) is 0 Å². The van der Waals surface area contributed by atoms with Gasteiger partial charge in [-0.3, -0.25) is 9.78 Å². The molecule has 0 radical (unpaired) electrons. The van der Waals surface area contributed by atoms with Crippen molar-refractivity contribution >= 4 is 30.1 Å². The van der Waals surface area contributed by atoms with Crippen molar-refractivity contribution in [1.82, 2.24) is 15.2 Å². The maximum atomic E-state index is 12.0. The lowest BCUT2D eigenvalue weighted by Crippen LogP contribution is -2.39. The third kappa shape index (κ3) is 4.15. The zero-order chi connectivity index (χ0) is 12.1. The van der Waals surface area contributed by atoms with Crippen molar-refractivity contribution in [3.8, 4) is 0 Å². The summed E-state index contributed by atoms with van der Waals surface area (Å²) in [6.07, 6.45) is 4.55. The van der Waals surface area contributed by atoms with Crippen LogP contribution >= 0.6 is 24.2 Å². The SMILES string of the molecule is CN(C(=O)CSc1ccncc1)C1CCNC1.Cl. The minimum atomic E-state index is 0. The topological polar surface area (TPSA) is 45.2 Å². The molecule has 2 rings (SSSR count). The summed E-state index contributed by atoms with van der Waals surface area (Å²) >= 11 is 1.56. The van der Waals surface area contributed by atoms with Crippen LogP contribution in [0.4, 0.5) is 0 Å². The summed E-state index contributed by atoms with van der Waals surface area (Å²) in [6.45, 7) is 1.93. The second kappa shape index (κ2) is 7.61. The first-order valence-corrected chi connectivity index (χ1v) is 6.75. The lowest BCUT2D eigenvalue weighted by Gasteiger charge is -2.23. The Balaban J connectivity index is 0.00000162. The summed E-state index contributed by atoms with van der Waals surface area (Å²) in [5.74, 6) is 0.692. The summed E-state index contributed by atoms with van der Waals surface area (Å²) in [5.41, 5.74) is 0. The molecule has 1 unspecified atom stereocenters. The number of hydrogen-bond donors (Lipinski definition) is 1. The molecule has 0 spiro atoms. The van der Waals surface area contributed by atoms with E-state index in [-0.39, 0.29) is 18.3 Å². The van der Waals surface area contributed by atoms with Crippen LogP contribution in [0.1, 0.15) is 6.42 Å². The van der Waals surface area contributed by atoms with E-state index in [9.17, 15) is 4.79 Å². The summed E-state index contributed by atoms with van der Waals surface area (Å²) in [6, 6.07) is 4.21. The van der Waals surface area contributed by atoms with Crippen LogP contribution in [-0.2, 0) is 4.79 Å². The highest BCUT2D eigenvalue weighted by Crippen LogP contribution is 2.17. The van der Waals surface area contributed by atoms with Gasteiger partial charge in [-0.1, -0.05) is 0 Å². The monoisotopic (exact) mass is 287 g/mol. The lowest BCUT2D eigenvalue weighted by molar-refractivity contribution is -0.128. The van der Waals surface area contributed by atoms with E-state index in [0.717, 1.165) is 24.4 Å². The number of nitrogens with one attached hydrogen (secondary N) is 1. The van der Waals surface area contributed by atoms with Gasteiger partial charge in [0.2, 0.25) is 5.91 Å². The first-order chi connectivity index (χ1) is 8.27. The van der Waals surface area contributed by atoms with Gasteiger partial charge in [0.25, 0.3) is 0 Å². The first-order valence-electron chi connectivity index (χ1n) is 5.76. The highest BCUT2D eigenvalue weighted by molar-refractivity contribution is 8.00. The molecule has 1 atom stereocenters. The molecular weight excluding hydrogens is 270 g/mol. The van der Waals surface area contributed by atoms with Gasteiger partial charge in [-0.2, -0.15) is 0 Å². The van der Waals surface area contributed by atoms with Crippen LogP contribution in [0.25, 0.3) is 0 Å². The van der Waals surface area contributed by atoms with Gasteiger partial charge < -0.3 is 10.2 Å². The molecule has 1 N–H and O–H groups in total. The fourth-order valence-electron chi connectivity index (χ4n) is 1.85. The molecular formula is C12H18ClN3OS. The first kappa shape index (κ1) is 15.3. The molecule has 100 valence electrons. The van der Waals surface area contributed by atoms with Gasteiger partial charge in [0.05, 0.1) is 5.75 Å². The summed E-state index contributed by atoms with van der Waals surface area (Å²) in [5, 5.41) is 3.27. The lowest BCUT2D eigenvalue weighted by atomic mass is 10.2. The number of thioether (sulfide) groups is 1.